The van der Waals surface area contributed by atoms with Crippen molar-refractivity contribution in [3.8, 4) is 0 Å². The SMILES string of the molecule is Cn1cc(C(NN)C2(c3ccccc3)CC2)cn1. The molecule has 3 N–H and O–H groups in total. The molecule has 0 spiro atoms. The maximum atomic E-state index is 5.79. The molecule has 4 heteroatoms. The second-order valence-electron chi connectivity index (χ2n) is 5.07. The molecule has 1 unspecified atom stereocenters. The Labute approximate surface area is 107 Å². The summed E-state index contributed by atoms with van der Waals surface area (Å²) in [4.78, 5) is 0. The summed E-state index contributed by atoms with van der Waals surface area (Å²) in [6.45, 7) is 0. The third-order valence-corrected chi connectivity index (χ3v) is 3.91. The summed E-state index contributed by atoms with van der Waals surface area (Å²) in [5.74, 6) is 5.79. The van der Waals surface area contributed by atoms with E-state index in [1.165, 1.54) is 18.4 Å². The van der Waals surface area contributed by atoms with Gasteiger partial charge in [0.1, 0.15) is 0 Å². The third kappa shape index (κ3) is 1.74. The molecule has 94 valence electrons. The van der Waals surface area contributed by atoms with Crippen LogP contribution in [0.25, 0.3) is 0 Å². The van der Waals surface area contributed by atoms with Gasteiger partial charge >= 0.3 is 0 Å². The molecule has 0 radical (unpaired) electrons. The van der Waals surface area contributed by atoms with Crippen LogP contribution in [-0.2, 0) is 12.5 Å². The van der Waals surface area contributed by atoms with Crippen LogP contribution in [0.3, 0.4) is 0 Å². The Morgan fingerprint density at radius 1 is 1.33 bits per heavy atom. The smallest absolute Gasteiger partial charge is 0.0587 e. The lowest BCUT2D eigenvalue weighted by Gasteiger charge is -2.26. The van der Waals surface area contributed by atoms with E-state index in [9.17, 15) is 0 Å². The molecule has 0 bridgehead atoms. The molecular formula is C14H18N4. The fraction of sp³-hybridized carbons (Fsp3) is 0.357. The predicted molar refractivity (Wildman–Crippen MR) is 70.6 cm³/mol. The highest BCUT2D eigenvalue weighted by Gasteiger charge is 2.51. The van der Waals surface area contributed by atoms with Crippen molar-refractivity contribution in [3.05, 3.63) is 53.9 Å². The first kappa shape index (κ1) is 11.4. The van der Waals surface area contributed by atoms with Gasteiger partial charge in [-0.15, -0.1) is 0 Å². The van der Waals surface area contributed by atoms with Crippen LogP contribution in [0.15, 0.2) is 42.7 Å². The lowest BCUT2D eigenvalue weighted by Crippen LogP contribution is -2.36. The zero-order valence-electron chi connectivity index (χ0n) is 10.5. The standard InChI is InChI=1S/C14H18N4/c1-18-10-11(9-16-18)13(17-15)14(7-8-14)12-5-3-2-4-6-12/h2-6,9-10,13,17H,7-8,15H2,1H3. The van der Waals surface area contributed by atoms with Crippen LogP contribution in [0.1, 0.15) is 30.0 Å². The molecule has 1 aliphatic carbocycles. The fourth-order valence-electron chi connectivity index (χ4n) is 2.81. The van der Waals surface area contributed by atoms with Gasteiger partial charge in [-0.1, -0.05) is 30.3 Å². The Morgan fingerprint density at radius 2 is 2.06 bits per heavy atom. The van der Waals surface area contributed by atoms with Gasteiger partial charge < -0.3 is 0 Å². The monoisotopic (exact) mass is 242 g/mol. The van der Waals surface area contributed by atoms with Crippen molar-refractivity contribution in [2.24, 2.45) is 12.9 Å². The van der Waals surface area contributed by atoms with E-state index in [1.54, 1.807) is 0 Å². The molecule has 1 heterocycles. The minimum absolute atomic E-state index is 0.133. The molecular weight excluding hydrogens is 224 g/mol. The Bertz CT molecular complexity index is 528. The van der Waals surface area contributed by atoms with Crippen molar-refractivity contribution in [3.63, 3.8) is 0 Å². The maximum absolute atomic E-state index is 5.79. The van der Waals surface area contributed by atoms with E-state index in [-0.39, 0.29) is 11.5 Å². The number of aromatic nitrogens is 2. The Balaban J connectivity index is 1.97. The first-order valence-electron chi connectivity index (χ1n) is 6.26. The predicted octanol–water partition coefficient (Wildman–Crippen LogP) is 1.66. The summed E-state index contributed by atoms with van der Waals surface area (Å²) in [6, 6.07) is 10.7. The lowest BCUT2D eigenvalue weighted by atomic mass is 9.85. The number of hydrazine groups is 1. The van der Waals surface area contributed by atoms with E-state index in [1.807, 2.05) is 24.1 Å². The minimum Gasteiger partial charge on any atom is -0.275 e. The van der Waals surface area contributed by atoms with Crippen LogP contribution in [0, 0.1) is 0 Å². The Hall–Kier alpha value is -1.65. The van der Waals surface area contributed by atoms with Gasteiger partial charge in [-0.3, -0.25) is 16.0 Å². The van der Waals surface area contributed by atoms with Crippen molar-refractivity contribution in [1.29, 1.82) is 0 Å². The lowest BCUT2D eigenvalue weighted by molar-refractivity contribution is 0.439. The number of rotatable bonds is 4. The van der Waals surface area contributed by atoms with E-state index in [2.05, 4.69) is 40.9 Å². The highest BCUT2D eigenvalue weighted by atomic mass is 15.3. The van der Waals surface area contributed by atoms with Crippen molar-refractivity contribution < 1.29 is 0 Å². The normalized spacial score (nSPS) is 18.6. The molecule has 0 amide bonds. The van der Waals surface area contributed by atoms with Gasteiger partial charge in [0.15, 0.2) is 0 Å². The zero-order chi connectivity index (χ0) is 12.6. The molecule has 1 aromatic heterocycles. The number of nitrogens with one attached hydrogen (secondary N) is 1. The fourth-order valence-corrected chi connectivity index (χ4v) is 2.81. The molecule has 4 nitrogen and oxygen atoms in total. The quantitative estimate of drug-likeness (QED) is 0.633. The van der Waals surface area contributed by atoms with Crippen LogP contribution in [-0.4, -0.2) is 9.78 Å². The van der Waals surface area contributed by atoms with Crippen LogP contribution >= 0.6 is 0 Å². The summed E-state index contributed by atoms with van der Waals surface area (Å²) < 4.78 is 1.82. The molecule has 3 rings (SSSR count). The van der Waals surface area contributed by atoms with Gasteiger partial charge in [-0.25, -0.2) is 0 Å². The largest absolute Gasteiger partial charge is 0.275 e. The molecule has 1 aromatic carbocycles. The van der Waals surface area contributed by atoms with Gasteiger partial charge in [0.2, 0.25) is 0 Å². The molecule has 2 aromatic rings. The van der Waals surface area contributed by atoms with E-state index in [0.717, 1.165) is 5.56 Å². The number of nitrogens with two attached hydrogens (primary N) is 1. The van der Waals surface area contributed by atoms with Gasteiger partial charge in [0, 0.05) is 24.2 Å². The molecule has 0 aliphatic heterocycles. The summed E-state index contributed by atoms with van der Waals surface area (Å²) in [5, 5.41) is 4.24. The summed E-state index contributed by atoms with van der Waals surface area (Å²) in [6.07, 6.45) is 6.27. The summed E-state index contributed by atoms with van der Waals surface area (Å²) in [7, 11) is 1.93. The highest BCUT2D eigenvalue weighted by Crippen LogP contribution is 2.56. The Morgan fingerprint density at radius 3 is 2.56 bits per heavy atom. The van der Waals surface area contributed by atoms with Crippen molar-refractivity contribution in [2.45, 2.75) is 24.3 Å². The average Bonchev–Trinajstić information content (AvgIpc) is 3.09. The average molecular weight is 242 g/mol. The second kappa shape index (κ2) is 4.23. The molecule has 0 saturated heterocycles. The molecule has 18 heavy (non-hydrogen) atoms. The van der Waals surface area contributed by atoms with Crippen LogP contribution < -0.4 is 11.3 Å². The van der Waals surface area contributed by atoms with Crippen molar-refractivity contribution in [1.82, 2.24) is 15.2 Å². The molecule has 1 saturated carbocycles. The van der Waals surface area contributed by atoms with Crippen molar-refractivity contribution in [2.75, 3.05) is 0 Å². The van der Waals surface area contributed by atoms with Gasteiger partial charge in [0.25, 0.3) is 0 Å². The number of aryl methyl sites for hydroxylation is 1. The third-order valence-electron chi connectivity index (χ3n) is 3.91. The molecule has 1 aliphatic rings. The van der Waals surface area contributed by atoms with E-state index < -0.39 is 0 Å². The van der Waals surface area contributed by atoms with Gasteiger partial charge in [-0.2, -0.15) is 5.10 Å². The number of benzene rings is 1. The maximum Gasteiger partial charge on any atom is 0.0587 e. The van der Waals surface area contributed by atoms with Gasteiger partial charge in [0.05, 0.1) is 12.2 Å². The second-order valence-corrected chi connectivity index (χ2v) is 5.07. The molecule has 1 atom stereocenters. The topological polar surface area (TPSA) is 55.9 Å². The number of nitrogens with zero attached hydrogens (tertiary/aromatic N) is 2. The van der Waals surface area contributed by atoms with Crippen molar-refractivity contribution >= 4 is 0 Å². The molecule has 1 fully saturated rings. The zero-order valence-corrected chi connectivity index (χ0v) is 10.5. The summed E-state index contributed by atoms with van der Waals surface area (Å²) >= 11 is 0. The van der Waals surface area contributed by atoms with Crippen LogP contribution in [0.2, 0.25) is 0 Å². The Kier molecular flexibility index (Phi) is 2.69. The van der Waals surface area contributed by atoms with Crippen LogP contribution in [0.4, 0.5) is 0 Å². The first-order chi connectivity index (χ1) is 8.76. The van der Waals surface area contributed by atoms with Gasteiger partial charge in [-0.05, 0) is 18.4 Å². The number of hydrogen-bond acceptors (Lipinski definition) is 3. The number of hydrogen-bond donors (Lipinski definition) is 2. The van der Waals surface area contributed by atoms with Crippen LogP contribution in [0.5, 0.6) is 0 Å². The minimum atomic E-state index is 0.133. The first-order valence-corrected chi connectivity index (χ1v) is 6.26. The highest BCUT2D eigenvalue weighted by molar-refractivity contribution is 5.37. The van der Waals surface area contributed by atoms with E-state index >= 15 is 0 Å². The van der Waals surface area contributed by atoms with E-state index in [0.29, 0.717) is 0 Å². The summed E-state index contributed by atoms with van der Waals surface area (Å²) in [5.41, 5.74) is 5.63. The van der Waals surface area contributed by atoms with E-state index in [4.69, 9.17) is 5.84 Å².